The van der Waals surface area contributed by atoms with Gasteiger partial charge in [-0.05, 0) is 76.7 Å². The predicted molar refractivity (Wildman–Crippen MR) is 254 cm³/mol. The van der Waals surface area contributed by atoms with Gasteiger partial charge in [-0.2, -0.15) is 0 Å². The maximum absolute atomic E-state index is 14.2. The van der Waals surface area contributed by atoms with Gasteiger partial charge in [-0.3, -0.25) is 33.6 Å². The second-order valence-electron chi connectivity index (χ2n) is 17.1. The minimum Gasteiger partial charge on any atom is -0.460 e. The first-order chi connectivity index (χ1) is 32.1. The molecule has 0 aromatic heterocycles. The lowest BCUT2D eigenvalue weighted by atomic mass is 9.83. The van der Waals surface area contributed by atoms with Crippen molar-refractivity contribution >= 4 is 53.5 Å². The molecule has 1 aliphatic heterocycles. The van der Waals surface area contributed by atoms with E-state index in [1.165, 1.54) is 33.1 Å². The zero-order valence-electron chi connectivity index (χ0n) is 40.8. The van der Waals surface area contributed by atoms with E-state index in [2.05, 4.69) is 63.2 Å². The molecule has 21 heteroatoms. The fourth-order valence-corrected chi connectivity index (χ4v) is 6.22. The largest absolute Gasteiger partial charge is 0.460 e. The number of hydrogen-bond acceptors (Lipinski definition) is 12. The van der Waals surface area contributed by atoms with Crippen LogP contribution in [0.2, 0.25) is 0 Å². The van der Waals surface area contributed by atoms with Crippen molar-refractivity contribution in [1.82, 2.24) is 37.2 Å². The lowest BCUT2D eigenvalue weighted by Gasteiger charge is -2.35. The number of methoxy groups -OCH3 is 1. The number of ether oxygens (including phenoxy) is 3. The van der Waals surface area contributed by atoms with E-state index in [-0.39, 0.29) is 43.8 Å². The third-order valence-corrected chi connectivity index (χ3v) is 10.6. The molecule has 0 saturated heterocycles. The highest BCUT2D eigenvalue weighted by atomic mass is 16.6. The fourth-order valence-electron chi connectivity index (χ4n) is 6.22. The molecule has 0 aromatic rings. The number of allylic oxidation sites excluding steroid dienone is 6. The Morgan fingerprint density at radius 3 is 2.21 bits per heavy atom. The van der Waals surface area contributed by atoms with Crippen molar-refractivity contribution in [2.75, 3.05) is 33.3 Å². The monoisotopic (exact) mass is 958 g/mol. The first-order valence-electron chi connectivity index (χ1n) is 23.0. The van der Waals surface area contributed by atoms with Crippen LogP contribution in [-0.2, 0) is 47.8 Å². The van der Waals surface area contributed by atoms with Gasteiger partial charge in [0, 0.05) is 32.7 Å². The van der Waals surface area contributed by atoms with Crippen molar-refractivity contribution in [3.05, 3.63) is 60.4 Å². The number of nitrogens with one attached hydrogen (secondary N) is 7. The van der Waals surface area contributed by atoms with E-state index in [0.717, 1.165) is 18.9 Å². The standard InChI is InChI=1S/C47H75N9O12/c1-9-19-33-43(62)56-34(22-18-25-50-45(48)64)41(60)51-28-39(58)55-35(27-53-46(49)65)42(61)52-29-40(59)68-37(26-32(66-8)21-17-15-13-11-12-14-16-20-30(3)4)47(6,7)44(63)67-36(31(5)10-2)23-24-38(57)54-33/h12-15,17,19,21,23-24,30-32,34-37H,9-11,16,18,20,22,25-29H2,1-8H3,(H,51,60)(H,52,61)(H,54,57)(H,55,58)(H,56,62)(H3,48,50,64)(H3,49,53,65). The number of esters is 2. The molecule has 6 unspecified atom stereocenters. The van der Waals surface area contributed by atoms with Crippen LogP contribution < -0.4 is 48.7 Å². The number of nitrogens with two attached hydrogens (primary N) is 2. The second kappa shape index (κ2) is 32.2. The summed E-state index contributed by atoms with van der Waals surface area (Å²) in [5.74, 6) is -5.83. The molecule has 68 heavy (non-hydrogen) atoms. The van der Waals surface area contributed by atoms with Gasteiger partial charge in [0.05, 0.1) is 18.1 Å². The Morgan fingerprint density at radius 2 is 1.57 bits per heavy atom. The van der Waals surface area contributed by atoms with Gasteiger partial charge >= 0.3 is 24.0 Å². The highest BCUT2D eigenvalue weighted by molar-refractivity contribution is 6.02. The van der Waals surface area contributed by atoms with Crippen molar-refractivity contribution in [3.8, 4) is 0 Å². The van der Waals surface area contributed by atoms with Gasteiger partial charge in [-0.25, -0.2) is 9.59 Å². The molecule has 1 aliphatic rings. The van der Waals surface area contributed by atoms with Gasteiger partial charge in [0.25, 0.3) is 5.91 Å². The number of primary amides is 2. The highest BCUT2D eigenvalue weighted by Gasteiger charge is 2.43. The van der Waals surface area contributed by atoms with Crippen LogP contribution in [0.15, 0.2) is 60.4 Å². The molecule has 0 aliphatic carbocycles. The van der Waals surface area contributed by atoms with Crippen molar-refractivity contribution < 1.29 is 57.4 Å². The predicted octanol–water partition coefficient (Wildman–Crippen LogP) is 2.08. The summed E-state index contributed by atoms with van der Waals surface area (Å²) in [7, 11) is 1.45. The Labute approximate surface area is 399 Å². The summed E-state index contributed by atoms with van der Waals surface area (Å²) in [5, 5.41) is 16.7. The summed E-state index contributed by atoms with van der Waals surface area (Å²) >= 11 is 0. The van der Waals surface area contributed by atoms with Gasteiger partial charge in [0.1, 0.15) is 36.5 Å². The van der Waals surface area contributed by atoms with Crippen LogP contribution in [0, 0.1) is 17.3 Å². The van der Waals surface area contributed by atoms with Crippen LogP contribution >= 0.6 is 0 Å². The topological polar surface area (TPSA) is 318 Å². The van der Waals surface area contributed by atoms with E-state index in [0.29, 0.717) is 18.8 Å². The van der Waals surface area contributed by atoms with Gasteiger partial charge in [-0.1, -0.05) is 77.2 Å². The molecule has 0 fully saturated rings. The molecule has 11 N–H and O–H groups in total. The lowest BCUT2D eigenvalue weighted by Crippen LogP contribution is -2.56. The van der Waals surface area contributed by atoms with Crippen LogP contribution in [0.5, 0.6) is 0 Å². The Bertz CT molecular complexity index is 1860. The summed E-state index contributed by atoms with van der Waals surface area (Å²) in [6.45, 7) is 10.8. The minimum atomic E-state index is -1.57. The Kier molecular flexibility index (Phi) is 28.2. The SMILES string of the molecule is CCC=C1NC(=O)C=CC(C(C)CC)OC(=O)C(C)(C)C(CC(C=CC=CCC=CCCC(C)C)OC)OC(=O)CNC(=O)C(CNC(N)=O)NC(=O)CNC(=O)C(CCCNC(N)=O)NC1=O. The van der Waals surface area contributed by atoms with Crippen molar-refractivity contribution in [3.63, 3.8) is 0 Å². The lowest BCUT2D eigenvalue weighted by molar-refractivity contribution is -0.176. The van der Waals surface area contributed by atoms with Crippen LogP contribution in [0.25, 0.3) is 0 Å². The molecule has 0 saturated carbocycles. The Hall–Kier alpha value is -6.51. The van der Waals surface area contributed by atoms with Gasteiger partial charge in [0.2, 0.25) is 23.6 Å². The summed E-state index contributed by atoms with van der Waals surface area (Å²) in [5.41, 5.74) is 8.59. The average molecular weight is 958 g/mol. The van der Waals surface area contributed by atoms with Crippen LogP contribution in [0.3, 0.4) is 0 Å². The fraction of sp³-hybridized carbons (Fsp3) is 0.596. The van der Waals surface area contributed by atoms with E-state index in [4.69, 9.17) is 25.7 Å². The number of amides is 9. The molecule has 0 bridgehead atoms. The zero-order valence-corrected chi connectivity index (χ0v) is 40.8. The molecule has 6 atom stereocenters. The molecule has 21 nitrogen and oxygen atoms in total. The van der Waals surface area contributed by atoms with Crippen LogP contribution in [0.4, 0.5) is 9.59 Å². The third kappa shape index (κ3) is 24.3. The quantitative estimate of drug-likeness (QED) is 0.0296. The molecule has 1 heterocycles. The van der Waals surface area contributed by atoms with Crippen molar-refractivity contribution in [1.29, 1.82) is 0 Å². The van der Waals surface area contributed by atoms with Gasteiger partial charge < -0.3 is 62.9 Å². The first-order valence-corrected chi connectivity index (χ1v) is 23.0. The summed E-state index contributed by atoms with van der Waals surface area (Å²) in [6, 6.07) is -4.68. The van der Waals surface area contributed by atoms with E-state index in [1.807, 2.05) is 19.1 Å². The van der Waals surface area contributed by atoms with E-state index >= 15 is 0 Å². The molecule has 1 rings (SSSR count). The Morgan fingerprint density at radius 1 is 0.897 bits per heavy atom. The molecule has 0 radical (unpaired) electrons. The number of carbonyl (C=O) groups is 9. The summed E-state index contributed by atoms with van der Waals surface area (Å²) < 4.78 is 17.6. The maximum atomic E-state index is 14.2. The minimum absolute atomic E-state index is 0.0335. The van der Waals surface area contributed by atoms with E-state index in [1.54, 1.807) is 26.0 Å². The summed E-state index contributed by atoms with van der Waals surface area (Å²) in [6.07, 6.45) is 16.2. The van der Waals surface area contributed by atoms with E-state index in [9.17, 15) is 43.2 Å². The molecule has 380 valence electrons. The van der Waals surface area contributed by atoms with Crippen molar-refractivity contribution in [2.45, 2.75) is 130 Å². The molecular formula is C47H75N9O12. The third-order valence-electron chi connectivity index (χ3n) is 10.6. The van der Waals surface area contributed by atoms with E-state index < -0.39 is 109 Å². The molecule has 0 spiro atoms. The molecule has 0 aromatic carbocycles. The number of urea groups is 2. The smallest absolute Gasteiger partial charge is 0.325 e. The first kappa shape index (κ1) is 59.5. The number of rotatable bonds is 19. The average Bonchev–Trinajstić information content (AvgIpc) is 3.28. The van der Waals surface area contributed by atoms with Crippen LogP contribution in [-0.4, -0.2) is 117 Å². The normalized spacial score (nSPS) is 22.4. The number of carbonyl (C=O) groups excluding carboxylic acids is 9. The van der Waals surface area contributed by atoms with Gasteiger partial charge in [0.15, 0.2) is 0 Å². The molecule has 9 amide bonds. The Balaban J connectivity index is 3.71. The number of hydrogen-bond donors (Lipinski definition) is 9. The summed E-state index contributed by atoms with van der Waals surface area (Å²) in [4.78, 5) is 117. The second-order valence-corrected chi connectivity index (χ2v) is 17.1. The van der Waals surface area contributed by atoms with Crippen LogP contribution in [0.1, 0.15) is 99.8 Å². The zero-order chi connectivity index (χ0) is 51.2. The van der Waals surface area contributed by atoms with Crippen molar-refractivity contribution in [2.24, 2.45) is 28.7 Å². The van der Waals surface area contributed by atoms with Gasteiger partial charge in [-0.15, -0.1) is 0 Å². The highest BCUT2D eigenvalue weighted by Crippen LogP contribution is 2.31. The maximum Gasteiger partial charge on any atom is 0.325 e. The molecular weight excluding hydrogens is 883 g/mol. The number of cyclic esters (lactones) is 2.